The number of aryl methyl sites for hydroxylation is 1. The van der Waals surface area contributed by atoms with Crippen LogP contribution in [0.3, 0.4) is 0 Å². The van der Waals surface area contributed by atoms with Crippen LogP contribution >= 0.6 is 0 Å². The molecule has 2 rings (SSSR count). The van der Waals surface area contributed by atoms with Crippen LogP contribution in [0.4, 0.5) is 18.0 Å². The molecule has 0 atom stereocenters. The Bertz CT molecular complexity index is 831. The van der Waals surface area contributed by atoms with Crippen molar-refractivity contribution in [1.29, 1.82) is 0 Å². The Morgan fingerprint density at radius 1 is 1.25 bits per heavy atom. The van der Waals surface area contributed by atoms with Gasteiger partial charge in [-0.25, -0.2) is 0 Å². The lowest BCUT2D eigenvalue weighted by Gasteiger charge is -2.07. The third-order valence-corrected chi connectivity index (χ3v) is 3.75. The minimum absolute atomic E-state index is 0.146. The first kappa shape index (κ1) is 17.8. The molecule has 0 saturated heterocycles. The molecule has 130 valence electrons. The lowest BCUT2D eigenvalue weighted by atomic mass is 10.2. The number of carbonyl (C=O) groups excluding carboxylic acids is 1. The molecule has 0 aliphatic carbocycles. The highest BCUT2D eigenvalue weighted by molar-refractivity contribution is 7.87. The molecule has 0 N–H and O–H groups in total. The first-order valence-electron chi connectivity index (χ1n) is 6.40. The van der Waals surface area contributed by atoms with Crippen molar-refractivity contribution in [3.05, 3.63) is 48.3 Å². The summed E-state index contributed by atoms with van der Waals surface area (Å²) >= 11 is 0. The van der Waals surface area contributed by atoms with Crippen LogP contribution in [0.5, 0.6) is 6.01 Å². The summed E-state index contributed by atoms with van der Waals surface area (Å²) < 4.78 is 69.8. The van der Waals surface area contributed by atoms with E-state index in [0.29, 0.717) is 10.1 Å². The molecule has 0 aliphatic heterocycles. The fourth-order valence-corrected chi connectivity index (χ4v) is 2.12. The number of nitrogens with zero attached hydrogens (tertiary/aromatic N) is 2. The molecule has 24 heavy (non-hydrogen) atoms. The summed E-state index contributed by atoms with van der Waals surface area (Å²) in [6.45, 7) is -0.146. The van der Waals surface area contributed by atoms with Gasteiger partial charge in [-0.15, -0.1) is 0 Å². The average molecular weight is 365 g/mol. The van der Waals surface area contributed by atoms with Crippen LogP contribution in [-0.2, 0) is 28.5 Å². The predicted molar refractivity (Wildman–Crippen MR) is 73.2 cm³/mol. The van der Waals surface area contributed by atoms with E-state index in [4.69, 9.17) is 4.74 Å². The Labute approximate surface area is 135 Å². The Morgan fingerprint density at radius 2 is 1.88 bits per heavy atom. The second-order valence-electron chi connectivity index (χ2n) is 4.59. The SMILES string of the molecule is C[n+]1ccn(C(=O)OCc2ccccc2)c1OS(=O)(=O)C(F)(F)F. The molecule has 11 heteroatoms. The molecule has 1 aromatic heterocycles. The first-order valence-corrected chi connectivity index (χ1v) is 7.81. The minimum Gasteiger partial charge on any atom is -0.426 e. The van der Waals surface area contributed by atoms with Crippen LogP contribution in [0.1, 0.15) is 5.56 Å². The molecule has 0 spiro atoms. The van der Waals surface area contributed by atoms with Crippen LogP contribution in [0.25, 0.3) is 0 Å². The maximum atomic E-state index is 12.4. The predicted octanol–water partition coefficient (Wildman–Crippen LogP) is 1.73. The zero-order valence-electron chi connectivity index (χ0n) is 12.2. The Balaban J connectivity index is 2.19. The Hall–Kier alpha value is -2.56. The van der Waals surface area contributed by atoms with Gasteiger partial charge in [0.25, 0.3) is 0 Å². The average Bonchev–Trinajstić information content (AvgIpc) is 2.85. The largest absolute Gasteiger partial charge is 0.534 e. The standard InChI is InChI=1S/C13H12F3N2O5S/c1-17-7-8-18(11(17)23-24(20,21)13(14,15)16)12(19)22-9-10-5-3-2-4-6-10/h2-8H,9H2,1H3/q+1. The van der Waals surface area contributed by atoms with Crippen molar-refractivity contribution in [2.75, 3.05) is 0 Å². The van der Waals surface area contributed by atoms with Gasteiger partial charge in [-0.3, -0.25) is 0 Å². The Kier molecular flexibility index (Phi) is 4.83. The van der Waals surface area contributed by atoms with Crippen molar-refractivity contribution in [2.24, 2.45) is 7.05 Å². The highest BCUT2D eigenvalue weighted by atomic mass is 32.2. The van der Waals surface area contributed by atoms with Gasteiger partial charge in [0.15, 0.2) is 0 Å². The fourth-order valence-electron chi connectivity index (χ4n) is 1.64. The summed E-state index contributed by atoms with van der Waals surface area (Å²) in [7, 11) is -4.71. The number of halogens is 3. The van der Waals surface area contributed by atoms with E-state index in [9.17, 15) is 26.4 Å². The lowest BCUT2D eigenvalue weighted by molar-refractivity contribution is -0.673. The molecule has 0 unspecified atom stereocenters. The van der Waals surface area contributed by atoms with E-state index in [0.717, 1.165) is 17.0 Å². The molecule has 0 radical (unpaired) electrons. The van der Waals surface area contributed by atoms with Gasteiger partial charge in [0.2, 0.25) is 0 Å². The minimum atomic E-state index is -5.92. The van der Waals surface area contributed by atoms with E-state index >= 15 is 0 Å². The van der Waals surface area contributed by atoms with Gasteiger partial charge in [0.05, 0.1) is 7.05 Å². The summed E-state index contributed by atoms with van der Waals surface area (Å²) in [5, 5.41) is 0. The van der Waals surface area contributed by atoms with Gasteiger partial charge in [-0.1, -0.05) is 34.9 Å². The van der Waals surface area contributed by atoms with Crippen molar-refractivity contribution >= 4 is 16.2 Å². The van der Waals surface area contributed by atoms with E-state index < -0.39 is 27.7 Å². The van der Waals surface area contributed by atoms with Gasteiger partial charge < -0.3 is 8.92 Å². The van der Waals surface area contributed by atoms with Gasteiger partial charge in [-0.05, 0) is 5.56 Å². The number of hydrogen-bond donors (Lipinski definition) is 0. The molecule has 0 fully saturated rings. The van der Waals surface area contributed by atoms with Gasteiger partial charge in [0, 0.05) is 0 Å². The van der Waals surface area contributed by atoms with Crippen molar-refractivity contribution < 1.29 is 39.9 Å². The molecule has 1 aromatic carbocycles. The van der Waals surface area contributed by atoms with Gasteiger partial charge in [0.1, 0.15) is 19.0 Å². The Morgan fingerprint density at radius 3 is 2.46 bits per heavy atom. The molecule has 0 bridgehead atoms. The third kappa shape index (κ3) is 3.85. The summed E-state index contributed by atoms with van der Waals surface area (Å²) in [4.78, 5) is 12.0. The third-order valence-electron chi connectivity index (χ3n) is 2.82. The molecule has 2 aromatic rings. The van der Waals surface area contributed by atoms with Crippen molar-refractivity contribution in [1.82, 2.24) is 4.57 Å². The molecule has 1 heterocycles. The second-order valence-corrected chi connectivity index (χ2v) is 6.12. The van der Waals surface area contributed by atoms with Crippen molar-refractivity contribution in [3.63, 3.8) is 0 Å². The number of hydrogen-bond acceptors (Lipinski definition) is 5. The van der Waals surface area contributed by atoms with Crippen molar-refractivity contribution in [3.8, 4) is 6.01 Å². The van der Waals surface area contributed by atoms with E-state index in [1.165, 1.54) is 7.05 Å². The van der Waals surface area contributed by atoms with Crippen LogP contribution in [0.15, 0.2) is 42.7 Å². The van der Waals surface area contributed by atoms with Crippen LogP contribution in [0.2, 0.25) is 0 Å². The summed E-state index contributed by atoms with van der Waals surface area (Å²) in [5.41, 5.74) is -4.98. The maximum Gasteiger partial charge on any atom is 0.534 e. The molecular weight excluding hydrogens is 353 g/mol. The summed E-state index contributed by atoms with van der Waals surface area (Å²) in [6.07, 6.45) is 1.08. The highest BCUT2D eigenvalue weighted by Gasteiger charge is 2.51. The monoisotopic (exact) mass is 365 g/mol. The number of alkyl halides is 3. The lowest BCUT2D eigenvalue weighted by Crippen LogP contribution is -2.36. The van der Waals surface area contributed by atoms with Crippen LogP contribution in [0, 0.1) is 0 Å². The number of rotatable bonds is 4. The van der Waals surface area contributed by atoms with E-state index in [-0.39, 0.29) is 6.61 Å². The molecule has 0 aliphatic rings. The van der Waals surface area contributed by atoms with E-state index in [1.54, 1.807) is 30.3 Å². The number of ether oxygens (including phenoxy) is 1. The summed E-state index contributed by atoms with van der Waals surface area (Å²) in [6, 6.07) is 7.67. The van der Waals surface area contributed by atoms with Gasteiger partial charge in [-0.2, -0.15) is 31.0 Å². The summed E-state index contributed by atoms with van der Waals surface area (Å²) in [5.74, 6) is 0. The zero-order chi connectivity index (χ0) is 18.0. The first-order chi connectivity index (χ1) is 11.1. The number of benzene rings is 1. The van der Waals surface area contributed by atoms with Crippen LogP contribution < -0.4 is 8.75 Å². The molecule has 0 saturated carbocycles. The molecule has 0 amide bonds. The fraction of sp³-hybridized carbons (Fsp3) is 0.231. The zero-order valence-corrected chi connectivity index (χ0v) is 13.0. The molecule has 7 nitrogen and oxygen atoms in total. The van der Waals surface area contributed by atoms with Crippen molar-refractivity contribution in [2.45, 2.75) is 12.1 Å². The molecular formula is C13H12F3N2O5S+. The smallest absolute Gasteiger partial charge is 0.426 e. The number of aromatic nitrogens is 2. The van der Waals surface area contributed by atoms with Gasteiger partial charge >= 0.3 is 27.7 Å². The number of imidazole rings is 1. The second kappa shape index (κ2) is 6.51. The van der Waals surface area contributed by atoms with E-state index in [1.807, 2.05) is 0 Å². The van der Waals surface area contributed by atoms with Crippen LogP contribution in [-0.4, -0.2) is 24.6 Å². The highest BCUT2D eigenvalue weighted by Crippen LogP contribution is 2.25. The van der Waals surface area contributed by atoms with E-state index in [2.05, 4.69) is 4.18 Å². The topological polar surface area (TPSA) is 78.5 Å². The quantitative estimate of drug-likeness (QED) is 0.468. The maximum absolute atomic E-state index is 12.4. The normalized spacial score (nSPS) is 12.0. The number of carbonyl (C=O) groups is 1.